The lowest BCUT2D eigenvalue weighted by Crippen LogP contribution is -2.56. The van der Waals surface area contributed by atoms with Crippen LogP contribution < -0.4 is 11.1 Å². The lowest BCUT2D eigenvalue weighted by Gasteiger charge is -2.40. The Morgan fingerprint density at radius 3 is 2.32 bits per heavy atom. The van der Waals surface area contributed by atoms with Gasteiger partial charge in [-0.1, -0.05) is 19.8 Å². The van der Waals surface area contributed by atoms with Crippen LogP contribution in [0.1, 0.15) is 59.8 Å². The van der Waals surface area contributed by atoms with Gasteiger partial charge in [0.15, 0.2) is 0 Å². The van der Waals surface area contributed by atoms with Crippen LogP contribution in [0.25, 0.3) is 0 Å². The van der Waals surface area contributed by atoms with Gasteiger partial charge in [0, 0.05) is 17.6 Å². The lowest BCUT2D eigenvalue weighted by atomic mass is 9.94. The average molecular weight is 269 g/mol. The van der Waals surface area contributed by atoms with Crippen molar-refractivity contribution in [1.29, 1.82) is 0 Å². The number of amides is 1. The highest BCUT2D eigenvalue weighted by molar-refractivity contribution is 5.78. The predicted molar refractivity (Wildman–Crippen MR) is 80.0 cm³/mol. The second-order valence-electron chi connectivity index (χ2n) is 6.86. The quantitative estimate of drug-likeness (QED) is 0.774. The van der Waals surface area contributed by atoms with E-state index in [0.717, 1.165) is 25.8 Å². The lowest BCUT2D eigenvalue weighted by molar-refractivity contribution is -0.125. The first-order valence-corrected chi connectivity index (χ1v) is 7.59. The van der Waals surface area contributed by atoms with Gasteiger partial charge in [-0.15, -0.1) is 0 Å². The van der Waals surface area contributed by atoms with Crippen molar-refractivity contribution in [2.45, 2.75) is 70.9 Å². The molecule has 0 aliphatic heterocycles. The fourth-order valence-corrected chi connectivity index (χ4v) is 3.07. The van der Waals surface area contributed by atoms with Crippen molar-refractivity contribution in [3.8, 4) is 0 Å². The molecule has 0 aromatic carbocycles. The van der Waals surface area contributed by atoms with Crippen LogP contribution in [0.15, 0.2) is 0 Å². The second-order valence-corrected chi connectivity index (χ2v) is 6.86. The van der Waals surface area contributed by atoms with Gasteiger partial charge in [-0.25, -0.2) is 0 Å². The molecule has 0 spiro atoms. The number of carbonyl (C=O) groups excluding carboxylic acids is 1. The van der Waals surface area contributed by atoms with Gasteiger partial charge in [0.1, 0.15) is 0 Å². The average Bonchev–Trinajstić information content (AvgIpc) is 2.75. The first-order valence-electron chi connectivity index (χ1n) is 7.59. The monoisotopic (exact) mass is 269 g/mol. The Bertz CT molecular complexity index is 290. The predicted octanol–water partition coefficient (Wildman–Crippen LogP) is 1.88. The minimum Gasteiger partial charge on any atom is -0.350 e. The van der Waals surface area contributed by atoms with Crippen molar-refractivity contribution in [1.82, 2.24) is 10.2 Å². The molecule has 0 aromatic rings. The highest BCUT2D eigenvalue weighted by atomic mass is 16.2. The zero-order valence-electron chi connectivity index (χ0n) is 13.1. The maximum Gasteiger partial charge on any atom is 0.234 e. The van der Waals surface area contributed by atoms with Gasteiger partial charge in [0.2, 0.25) is 5.91 Å². The van der Waals surface area contributed by atoms with Gasteiger partial charge in [-0.3, -0.25) is 9.69 Å². The standard InChI is InChI=1S/C15H31N3O/c1-5-10-18(11-13(19)17-14(2,3)4)15(12-16)8-6-7-9-15/h5-12,16H2,1-4H3,(H,17,19). The highest BCUT2D eigenvalue weighted by Crippen LogP contribution is 2.34. The summed E-state index contributed by atoms with van der Waals surface area (Å²) in [5.41, 5.74) is 5.92. The minimum absolute atomic E-state index is 0.0607. The van der Waals surface area contributed by atoms with E-state index in [1.165, 1.54) is 12.8 Å². The zero-order chi connectivity index (χ0) is 14.5. The molecule has 1 saturated carbocycles. The topological polar surface area (TPSA) is 58.4 Å². The van der Waals surface area contributed by atoms with Crippen LogP contribution in [0.2, 0.25) is 0 Å². The Morgan fingerprint density at radius 1 is 1.32 bits per heavy atom. The summed E-state index contributed by atoms with van der Waals surface area (Å²) in [6, 6.07) is 0. The number of nitrogens with zero attached hydrogens (tertiary/aromatic N) is 1. The van der Waals surface area contributed by atoms with Crippen LogP contribution >= 0.6 is 0 Å². The molecule has 1 fully saturated rings. The van der Waals surface area contributed by atoms with Gasteiger partial charge in [0.05, 0.1) is 6.54 Å². The van der Waals surface area contributed by atoms with Crippen LogP contribution in [-0.2, 0) is 4.79 Å². The molecule has 1 aliphatic carbocycles. The number of nitrogens with one attached hydrogen (secondary N) is 1. The van der Waals surface area contributed by atoms with E-state index in [1.54, 1.807) is 0 Å². The van der Waals surface area contributed by atoms with Gasteiger partial charge >= 0.3 is 0 Å². The summed E-state index contributed by atoms with van der Waals surface area (Å²) in [6.45, 7) is 10.3. The van der Waals surface area contributed by atoms with Crippen LogP contribution in [0.3, 0.4) is 0 Å². The number of carbonyl (C=O) groups is 1. The highest BCUT2D eigenvalue weighted by Gasteiger charge is 2.38. The van der Waals surface area contributed by atoms with E-state index in [9.17, 15) is 4.79 Å². The second kappa shape index (κ2) is 6.71. The Balaban J connectivity index is 2.69. The zero-order valence-corrected chi connectivity index (χ0v) is 13.1. The van der Waals surface area contributed by atoms with Crippen molar-refractivity contribution >= 4 is 5.91 Å². The van der Waals surface area contributed by atoms with Crippen molar-refractivity contribution in [2.24, 2.45) is 5.73 Å². The first-order chi connectivity index (χ1) is 8.83. The van der Waals surface area contributed by atoms with Crippen LogP contribution in [-0.4, -0.2) is 41.5 Å². The molecule has 0 saturated heterocycles. The Morgan fingerprint density at radius 2 is 1.89 bits per heavy atom. The number of rotatable bonds is 6. The molecule has 0 heterocycles. The normalized spacial score (nSPS) is 18.8. The van der Waals surface area contributed by atoms with Crippen molar-refractivity contribution in [2.75, 3.05) is 19.6 Å². The third kappa shape index (κ3) is 4.77. The molecule has 3 N–H and O–H groups in total. The maximum atomic E-state index is 12.2. The molecule has 19 heavy (non-hydrogen) atoms. The fraction of sp³-hybridized carbons (Fsp3) is 0.933. The Hall–Kier alpha value is -0.610. The van der Waals surface area contributed by atoms with Crippen LogP contribution in [0, 0.1) is 0 Å². The number of hydrogen-bond donors (Lipinski definition) is 2. The van der Waals surface area contributed by atoms with Gasteiger partial charge in [-0.2, -0.15) is 0 Å². The SMILES string of the molecule is CCCN(CC(=O)NC(C)(C)C)C1(CN)CCCC1. The molecule has 0 bridgehead atoms. The molecule has 4 heteroatoms. The van der Waals surface area contributed by atoms with E-state index in [1.807, 2.05) is 20.8 Å². The van der Waals surface area contributed by atoms with Gasteiger partial charge in [-0.05, 0) is 46.6 Å². The summed E-state index contributed by atoms with van der Waals surface area (Å²) in [5, 5.41) is 3.05. The van der Waals surface area contributed by atoms with E-state index < -0.39 is 0 Å². The molecule has 0 aromatic heterocycles. The third-order valence-electron chi connectivity index (χ3n) is 3.93. The smallest absolute Gasteiger partial charge is 0.234 e. The summed E-state index contributed by atoms with van der Waals surface area (Å²) >= 11 is 0. The molecule has 0 unspecified atom stereocenters. The molecular formula is C15H31N3O. The maximum absolute atomic E-state index is 12.2. The first kappa shape index (κ1) is 16.4. The van der Waals surface area contributed by atoms with E-state index in [0.29, 0.717) is 13.1 Å². The van der Waals surface area contributed by atoms with E-state index in [-0.39, 0.29) is 17.0 Å². The van der Waals surface area contributed by atoms with E-state index in [2.05, 4.69) is 17.1 Å². The summed E-state index contributed by atoms with van der Waals surface area (Å²) in [4.78, 5) is 14.5. The van der Waals surface area contributed by atoms with Crippen LogP contribution in [0.5, 0.6) is 0 Å². The summed E-state index contributed by atoms with van der Waals surface area (Å²) in [5.74, 6) is 0.112. The van der Waals surface area contributed by atoms with E-state index in [4.69, 9.17) is 5.73 Å². The summed E-state index contributed by atoms with van der Waals surface area (Å²) < 4.78 is 0. The van der Waals surface area contributed by atoms with Crippen molar-refractivity contribution in [3.63, 3.8) is 0 Å². The molecule has 1 aliphatic rings. The molecule has 1 rings (SSSR count). The molecule has 4 nitrogen and oxygen atoms in total. The molecule has 112 valence electrons. The molecule has 0 atom stereocenters. The van der Waals surface area contributed by atoms with E-state index >= 15 is 0 Å². The van der Waals surface area contributed by atoms with Gasteiger partial charge < -0.3 is 11.1 Å². The Labute approximate surface area is 118 Å². The summed E-state index contributed by atoms with van der Waals surface area (Å²) in [6.07, 6.45) is 5.79. The van der Waals surface area contributed by atoms with Gasteiger partial charge in [0.25, 0.3) is 0 Å². The fourth-order valence-electron chi connectivity index (χ4n) is 3.07. The molecule has 1 amide bonds. The Kier molecular flexibility index (Phi) is 5.81. The minimum atomic E-state index is -0.166. The molecule has 0 radical (unpaired) electrons. The number of nitrogens with two attached hydrogens (primary N) is 1. The van der Waals surface area contributed by atoms with Crippen molar-refractivity contribution in [3.05, 3.63) is 0 Å². The number of hydrogen-bond acceptors (Lipinski definition) is 3. The molecular weight excluding hydrogens is 238 g/mol. The third-order valence-corrected chi connectivity index (χ3v) is 3.93. The summed E-state index contributed by atoms with van der Waals surface area (Å²) in [7, 11) is 0. The largest absolute Gasteiger partial charge is 0.350 e. The van der Waals surface area contributed by atoms with Crippen molar-refractivity contribution < 1.29 is 4.79 Å². The van der Waals surface area contributed by atoms with Crippen LogP contribution in [0.4, 0.5) is 0 Å².